The van der Waals surface area contributed by atoms with Crippen LogP contribution < -0.4 is 10.6 Å². The molecule has 2 N–H and O–H groups in total. The molecule has 0 amide bonds. The minimum atomic E-state index is 0.178. The van der Waals surface area contributed by atoms with Gasteiger partial charge in [-0.05, 0) is 37.7 Å². The van der Waals surface area contributed by atoms with Gasteiger partial charge in [0.15, 0.2) is 5.78 Å². The summed E-state index contributed by atoms with van der Waals surface area (Å²) >= 11 is 5.12. The van der Waals surface area contributed by atoms with Gasteiger partial charge in [0.1, 0.15) is 0 Å². The number of ketones is 1. The van der Waals surface area contributed by atoms with E-state index >= 15 is 0 Å². The van der Waals surface area contributed by atoms with Crippen molar-refractivity contribution < 1.29 is 4.79 Å². The highest BCUT2D eigenvalue weighted by Crippen LogP contribution is 2.34. The van der Waals surface area contributed by atoms with Crippen LogP contribution in [0, 0.1) is 5.92 Å². The second-order valence-electron chi connectivity index (χ2n) is 5.34. The molecule has 0 fully saturated rings. The first-order chi connectivity index (χ1) is 8.74. The van der Waals surface area contributed by atoms with Gasteiger partial charge >= 0.3 is 0 Å². The van der Waals surface area contributed by atoms with E-state index in [0.29, 0.717) is 5.78 Å². The molecule has 4 heteroatoms. The van der Waals surface area contributed by atoms with E-state index in [2.05, 4.69) is 10.6 Å². The van der Waals surface area contributed by atoms with Gasteiger partial charge in [-0.3, -0.25) is 4.79 Å². The number of hydrogen-bond acceptors (Lipinski definition) is 3. The van der Waals surface area contributed by atoms with E-state index in [9.17, 15) is 4.79 Å². The summed E-state index contributed by atoms with van der Waals surface area (Å²) in [6, 6.07) is 0. The van der Waals surface area contributed by atoms with E-state index < -0.39 is 0 Å². The molecular weight excluding hydrogens is 244 g/mol. The molecule has 1 aliphatic carbocycles. The fourth-order valence-corrected chi connectivity index (χ4v) is 3.35. The molecule has 3 aliphatic rings. The fraction of sp³-hybridized carbons (Fsp3) is 0.571. The zero-order valence-corrected chi connectivity index (χ0v) is 11.2. The van der Waals surface area contributed by atoms with Gasteiger partial charge in [-0.25, -0.2) is 0 Å². The Balaban J connectivity index is 1.70. The lowest BCUT2D eigenvalue weighted by molar-refractivity contribution is -0.120. The summed E-state index contributed by atoms with van der Waals surface area (Å²) in [4.78, 5) is 13.3. The van der Waals surface area contributed by atoms with E-state index in [0.717, 1.165) is 55.6 Å². The van der Waals surface area contributed by atoms with Crippen LogP contribution in [0.3, 0.4) is 0 Å². The number of carbonyl (C=O) groups is 1. The van der Waals surface area contributed by atoms with Gasteiger partial charge in [-0.15, -0.1) is 0 Å². The van der Waals surface area contributed by atoms with E-state index in [1.807, 2.05) is 6.20 Å². The van der Waals surface area contributed by atoms with Gasteiger partial charge < -0.3 is 10.6 Å². The van der Waals surface area contributed by atoms with Crippen molar-refractivity contribution in [3.8, 4) is 0 Å². The Labute approximate surface area is 113 Å². The van der Waals surface area contributed by atoms with Crippen LogP contribution in [0.15, 0.2) is 23.0 Å². The zero-order chi connectivity index (χ0) is 12.5. The van der Waals surface area contributed by atoms with Crippen molar-refractivity contribution in [2.45, 2.75) is 38.5 Å². The van der Waals surface area contributed by atoms with Crippen molar-refractivity contribution in [1.29, 1.82) is 0 Å². The third-order valence-corrected chi connectivity index (χ3v) is 4.31. The molecule has 0 radical (unpaired) electrons. The van der Waals surface area contributed by atoms with Crippen LogP contribution >= 0.6 is 12.2 Å². The summed E-state index contributed by atoms with van der Waals surface area (Å²) in [5, 5.41) is 6.45. The Morgan fingerprint density at radius 3 is 3.06 bits per heavy atom. The smallest absolute Gasteiger partial charge is 0.163 e. The van der Waals surface area contributed by atoms with Crippen LogP contribution in [0.5, 0.6) is 0 Å². The molecule has 0 spiro atoms. The van der Waals surface area contributed by atoms with Crippen LogP contribution in [-0.2, 0) is 4.79 Å². The SMILES string of the molecule is O=C1C2=C(CCC1CC1=CNC(=S)C1)NCCC2. The lowest BCUT2D eigenvalue weighted by atomic mass is 9.79. The first kappa shape index (κ1) is 11.9. The average Bonchev–Trinajstić information content (AvgIpc) is 2.79. The largest absolute Gasteiger partial charge is 0.388 e. The lowest BCUT2D eigenvalue weighted by Gasteiger charge is -2.30. The van der Waals surface area contributed by atoms with Crippen molar-refractivity contribution in [2.75, 3.05) is 6.54 Å². The van der Waals surface area contributed by atoms with Crippen LogP contribution in [0.4, 0.5) is 0 Å². The number of carbonyl (C=O) groups excluding carboxylic acids is 1. The van der Waals surface area contributed by atoms with Gasteiger partial charge in [0.2, 0.25) is 0 Å². The molecule has 0 saturated heterocycles. The third-order valence-electron chi connectivity index (χ3n) is 4.05. The highest BCUT2D eigenvalue weighted by Gasteiger charge is 2.31. The second kappa shape index (κ2) is 4.84. The number of thiocarbonyl (C=S) groups is 1. The summed E-state index contributed by atoms with van der Waals surface area (Å²) in [5.41, 5.74) is 3.58. The second-order valence-corrected chi connectivity index (χ2v) is 5.83. The van der Waals surface area contributed by atoms with E-state index in [4.69, 9.17) is 12.2 Å². The predicted octanol–water partition coefficient (Wildman–Crippen LogP) is 2.20. The molecule has 96 valence electrons. The van der Waals surface area contributed by atoms with Crippen LogP contribution in [0.25, 0.3) is 0 Å². The van der Waals surface area contributed by atoms with Crippen molar-refractivity contribution in [3.63, 3.8) is 0 Å². The Bertz CT molecular complexity index is 464. The highest BCUT2D eigenvalue weighted by atomic mass is 32.1. The maximum atomic E-state index is 12.5. The monoisotopic (exact) mass is 262 g/mol. The first-order valence-electron chi connectivity index (χ1n) is 6.71. The average molecular weight is 262 g/mol. The Hall–Kier alpha value is -1.16. The topological polar surface area (TPSA) is 41.1 Å². The molecule has 0 aromatic rings. The lowest BCUT2D eigenvalue weighted by Crippen LogP contribution is -2.32. The molecule has 1 atom stereocenters. The summed E-state index contributed by atoms with van der Waals surface area (Å²) in [6.45, 7) is 1.03. The van der Waals surface area contributed by atoms with E-state index in [1.165, 1.54) is 11.3 Å². The van der Waals surface area contributed by atoms with Crippen molar-refractivity contribution in [2.24, 2.45) is 5.92 Å². The van der Waals surface area contributed by atoms with Gasteiger partial charge in [0, 0.05) is 36.4 Å². The standard InChI is InChI=1S/C14H18N2OS/c17-14-10(6-9-7-13(18)16-8-9)3-4-12-11(14)2-1-5-15-12/h8,10,15H,1-7H2,(H,16,18). The predicted molar refractivity (Wildman–Crippen MR) is 75.0 cm³/mol. The highest BCUT2D eigenvalue weighted by molar-refractivity contribution is 7.80. The van der Waals surface area contributed by atoms with E-state index in [-0.39, 0.29) is 5.92 Å². The maximum Gasteiger partial charge on any atom is 0.163 e. The molecule has 0 saturated carbocycles. The van der Waals surface area contributed by atoms with Crippen LogP contribution in [-0.4, -0.2) is 17.3 Å². The summed E-state index contributed by atoms with van der Waals surface area (Å²) in [6.07, 6.45) is 7.77. The number of rotatable bonds is 2. The minimum absolute atomic E-state index is 0.178. The molecule has 0 aromatic carbocycles. The molecule has 3 nitrogen and oxygen atoms in total. The maximum absolute atomic E-state index is 12.5. The summed E-state index contributed by atoms with van der Waals surface area (Å²) in [5.74, 6) is 0.555. The quantitative estimate of drug-likeness (QED) is 0.749. The molecule has 2 aliphatic heterocycles. The molecule has 0 bridgehead atoms. The molecule has 2 heterocycles. The Morgan fingerprint density at radius 1 is 1.39 bits per heavy atom. The van der Waals surface area contributed by atoms with Crippen LogP contribution in [0.1, 0.15) is 38.5 Å². The Morgan fingerprint density at radius 2 is 2.28 bits per heavy atom. The molecule has 18 heavy (non-hydrogen) atoms. The third kappa shape index (κ3) is 2.21. The Kier molecular flexibility index (Phi) is 3.20. The summed E-state index contributed by atoms with van der Waals surface area (Å²) < 4.78 is 0. The number of nitrogens with one attached hydrogen (secondary N) is 2. The van der Waals surface area contributed by atoms with Gasteiger partial charge in [-0.2, -0.15) is 0 Å². The summed E-state index contributed by atoms with van der Waals surface area (Å²) in [7, 11) is 0. The molecule has 1 unspecified atom stereocenters. The van der Waals surface area contributed by atoms with E-state index in [1.54, 1.807) is 0 Å². The molecule has 3 rings (SSSR count). The van der Waals surface area contributed by atoms with Gasteiger partial charge in [0.05, 0.1) is 4.99 Å². The molecule has 0 aromatic heterocycles. The van der Waals surface area contributed by atoms with Crippen molar-refractivity contribution >= 4 is 23.0 Å². The minimum Gasteiger partial charge on any atom is -0.388 e. The van der Waals surface area contributed by atoms with Gasteiger partial charge in [0.25, 0.3) is 0 Å². The zero-order valence-electron chi connectivity index (χ0n) is 10.4. The molecular formula is C14H18N2OS. The number of allylic oxidation sites excluding steroid dienone is 2. The van der Waals surface area contributed by atoms with Crippen LogP contribution in [0.2, 0.25) is 0 Å². The number of hydrogen-bond donors (Lipinski definition) is 2. The van der Waals surface area contributed by atoms with Crippen molar-refractivity contribution in [1.82, 2.24) is 10.6 Å². The van der Waals surface area contributed by atoms with Crippen molar-refractivity contribution in [3.05, 3.63) is 23.0 Å². The van der Waals surface area contributed by atoms with Gasteiger partial charge in [-0.1, -0.05) is 12.2 Å². The normalized spacial score (nSPS) is 27.6. The fourth-order valence-electron chi connectivity index (χ4n) is 3.10. The number of Topliss-reactive ketones (excluding diaryl/α,β-unsaturated/α-hetero) is 1. The first-order valence-corrected chi connectivity index (χ1v) is 7.12.